The highest BCUT2D eigenvalue weighted by molar-refractivity contribution is 6.46. The number of likely N-dealkylation sites (tertiary alicyclic amines) is 1. The van der Waals surface area contributed by atoms with Gasteiger partial charge in [0.25, 0.3) is 11.7 Å². The smallest absolute Gasteiger partial charge is 0.295 e. The third-order valence-corrected chi connectivity index (χ3v) is 6.03. The molecule has 0 spiro atoms. The molecule has 31 heavy (non-hydrogen) atoms. The fraction of sp³-hybridized carbons (Fsp3) is 0.360. The van der Waals surface area contributed by atoms with Crippen molar-refractivity contribution in [3.05, 3.63) is 70.8 Å². The molecule has 2 atom stereocenters. The summed E-state index contributed by atoms with van der Waals surface area (Å²) in [5.74, 6) is -0.759. The lowest BCUT2D eigenvalue weighted by molar-refractivity contribution is -0.140. The van der Waals surface area contributed by atoms with Crippen molar-refractivity contribution < 1.29 is 24.2 Å². The van der Waals surface area contributed by atoms with Crippen molar-refractivity contribution in [3.63, 3.8) is 0 Å². The van der Waals surface area contributed by atoms with E-state index in [9.17, 15) is 14.7 Å². The highest BCUT2D eigenvalue weighted by Crippen LogP contribution is 2.40. The molecule has 0 aromatic heterocycles. The summed E-state index contributed by atoms with van der Waals surface area (Å²) in [5, 5.41) is 11.1. The molecule has 2 aromatic carbocycles. The van der Waals surface area contributed by atoms with E-state index in [-0.39, 0.29) is 17.4 Å². The van der Waals surface area contributed by atoms with Crippen molar-refractivity contribution in [2.75, 3.05) is 20.3 Å². The van der Waals surface area contributed by atoms with Gasteiger partial charge >= 0.3 is 0 Å². The van der Waals surface area contributed by atoms with Gasteiger partial charge in [-0.15, -0.1) is 0 Å². The SMILES string of the molecule is CCc1ccc(/C(O)=C2/C(=O)C(=O)N(CC3CCCO3)C2c2ccc(OC)cc2)cc1. The number of rotatable bonds is 6. The quantitative estimate of drug-likeness (QED) is 0.436. The molecule has 1 amide bonds. The Morgan fingerprint density at radius 3 is 2.42 bits per heavy atom. The van der Waals surface area contributed by atoms with Crippen LogP contribution in [0.4, 0.5) is 0 Å². The first-order valence-electron chi connectivity index (χ1n) is 10.7. The van der Waals surface area contributed by atoms with Gasteiger partial charge < -0.3 is 19.5 Å². The number of Topliss-reactive ketones (excluding diaryl/α,β-unsaturated/α-hetero) is 1. The second-order valence-corrected chi connectivity index (χ2v) is 7.91. The Hall–Kier alpha value is -3.12. The number of aryl methyl sites for hydroxylation is 1. The highest BCUT2D eigenvalue weighted by Gasteiger charge is 2.47. The Bertz CT molecular complexity index is 988. The molecular weight excluding hydrogens is 394 g/mol. The van der Waals surface area contributed by atoms with Crippen LogP contribution in [0.5, 0.6) is 5.75 Å². The molecule has 4 rings (SSSR count). The summed E-state index contributed by atoms with van der Waals surface area (Å²) in [5.41, 5.74) is 2.50. The van der Waals surface area contributed by atoms with E-state index in [4.69, 9.17) is 9.47 Å². The molecule has 6 nitrogen and oxygen atoms in total. The summed E-state index contributed by atoms with van der Waals surface area (Å²) in [6.45, 7) is 3.02. The van der Waals surface area contributed by atoms with Crippen LogP contribution in [0.25, 0.3) is 5.76 Å². The number of carbonyl (C=O) groups excluding carboxylic acids is 2. The maximum absolute atomic E-state index is 13.1. The number of ketones is 1. The van der Waals surface area contributed by atoms with Crippen molar-refractivity contribution in [3.8, 4) is 5.75 Å². The van der Waals surface area contributed by atoms with Crippen LogP contribution in [0.2, 0.25) is 0 Å². The van der Waals surface area contributed by atoms with Gasteiger partial charge in [0, 0.05) is 18.7 Å². The molecule has 2 saturated heterocycles. The second-order valence-electron chi connectivity index (χ2n) is 7.91. The lowest BCUT2D eigenvalue weighted by Gasteiger charge is -2.27. The first-order valence-corrected chi connectivity index (χ1v) is 10.7. The van der Waals surface area contributed by atoms with Gasteiger partial charge in [-0.25, -0.2) is 0 Å². The molecule has 0 aliphatic carbocycles. The van der Waals surface area contributed by atoms with Crippen molar-refractivity contribution in [2.45, 2.75) is 38.3 Å². The van der Waals surface area contributed by atoms with Crippen LogP contribution >= 0.6 is 0 Å². The predicted molar refractivity (Wildman–Crippen MR) is 117 cm³/mol. The molecule has 0 bridgehead atoms. The first kappa shape index (κ1) is 21.1. The number of nitrogens with zero attached hydrogens (tertiary/aromatic N) is 1. The Kier molecular flexibility index (Phi) is 6.09. The number of hydrogen-bond acceptors (Lipinski definition) is 5. The van der Waals surface area contributed by atoms with Gasteiger partial charge in [-0.2, -0.15) is 0 Å². The highest BCUT2D eigenvalue weighted by atomic mass is 16.5. The molecule has 2 unspecified atom stereocenters. The predicted octanol–water partition coefficient (Wildman–Crippen LogP) is 3.86. The molecule has 2 aliphatic heterocycles. The van der Waals surface area contributed by atoms with E-state index >= 15 is 0 Å². The largest absolute Gasteiger partial charge is 0.507 e. The zero-order valence-corrected chi connectivity index (χ0v) is 17.8. The molecular formula is C25H27NO5. The Balaban J connectivity index is 1.79. The molecule has 2 aromatic rings. The van der Waals surface area contributed by atoms with Crippen LogP contribution in [0.15, 0.2) is 54.1 Å². The normalized spacial score (nSPS) is 22.8. The zero-order valence-electron chi connectivity index (χ0n) is 17.8. The summed E-state index contributed by atoms with van der Waals surface area (Å²) >= 11 is 0. The zero-order chi connectivity index (χ0) is 22.0. The van der Waals surface area contributed by atoms with Crippen LogP contribution in [-0.4, -0.2) is 48.1 Å². The van der Waals surface area contributed by atoms with Crippen molar-refractivity contribution >= 4 is 17.4 Å². The summed E-state index contributed by atoms with van der Waals surface area (Å²) in [6, 6.07) is 14.0. The van der Waals surface area contributed by atoms with Crippen LogP contribution in [0.1, 0.15) is 42.5 Å². The number of carbonyl (C=O) groups is 2. The van der Waals surface area contributed by atoms with Crippen molar-refractivity contribution in [1.29, 1.82) is 0 Å². The minimum Gasteiger partial charge on any atom is -0.507 e. The molecule has 2 aliphatic rings. The summed E-state index contributed by atoms with van der Waals surface area (Å²) in [7, 11) is 1.58. The molecule has 1 N–H and O–H groups in total. The molecule has 2 heterocycles. The van der Waals surface area contributed by atoms with Crippen molar-refractivity contribution in [1.82, 2.24) is 4.90 Å². The van der Waals surface area contributed by atoms with Gasteiger partial charge in [-0.3, -0.25) is 9.59 Å². The lowest BCUT2D eigenvalue weighted by atomic mass is 9.94. The van der Waals surface area contributed by atoms with E-state index in [1.165, 1.54) is 4.90 Å². The molecule has 0 radical (unpaired) electrons. The summed E-state index contributed by atoms with van der Waals surface area (Å²) in [6.07, 6.45) is 2.55. The molecule has 162 valence electrons. The number of amides is 1. The number of aliphatic hydroxyl groups excluding tert-OH is 1. The third-order valence-electron chi connectivity index (χ3n) is 6.03. The fourth-order valence-corrected chi connectivity index (χ4v) is 4.26. The lowest BCUT2D eigenvalue weighted by Crippen LogP contribution is -2.36. The van der Waals surface area contributed by atoms with Crippen LogP contribution < -0.4 is 4.74 Å². The number of aliphatic hydroxyl groups is 1. The maximum Gasteiger partial charge on any atom is 0.295 e. The maximum atomic E-state index is 13.1. The van der Waals surface area contributed by atoms with Crippen LogP contribution in [0.3, 0.4) is 0 Å². The number of ether oxygens (including phenoxy) is 2. The summed E-state index contributed by atoms with van der Waals surface area (Å²) < 4.78 is 11.0. The summed E-state index contributed by atoms with van der Waals surface area (Å²) in [4.78, 5) is 27.6. The fourth-order valence-electron chi connectivity index (χ4n) is 4.26. The standard InChI is InChI=1S/C25H27NO5/c1-3-16-6-8-18(9-7-16)23(27)21-22(17-10-12-19(30-2)13-11-17)26(25(29)24(21)28)15-20-5-4-14-31-20/h6-13,20,22,27H,3-5,14-15H2,1-2H3/b23-21-. The Morgan fingerprint density at radius 1 is 1.13 bits per heavy atom. The number of benzene rings is 2. The van der Waals surface area contributed by atoms with E-state index in [2.05, 4.69) is 6.92 Å². The minimum absolute atomic E-state index is 0.108. The van der Waals surface area contributed by atoms with E-state index in [0.29, 0.717) is 24.5 Å². The number of methoxy groups -OCH3 is 1. The van der Waals surface area contributed by atoms with E-state index in [1.807, 2.05) is 24.3 Å². The van der Waals surface area contributed by atoms with Crippen LogP contribution in [0, 0.1) is 0 Å². The average Bonchev–Trinajstić information content (AvgIpc) is 3.41. The molecule has 6 heteroatoms. The van der Waals surface area contributed by atoms with Gasteiger partial charge in [-0.05, 0) is 42.5 Å². The monoisotopic (exact) mass is 421 g/mol. The topological polar surface area (TPSA) is 76.1 Å². The third kappa shape index (κ3) is 4.08. The van der Waals surface area contributed by atoms with Gasteiger partial charge in [0.05, 0.1) is 24.8 Å². The minimum atomic E-state index is -0.680. The second kappa shape index (κ2) is 8.94. The Morgan fingerprint density at radius 2 is 1.84 bits per heavy atom. The Labute approximate surface area is 182 Å². The first-order chi connectivity index (χ1) is 15.0. The van der Waals surface area contributed by atoms with E-state index in [0.717, 1.165) is 30.4 Å². The van der Waals surface area contributed by atoms with Gasteiger partial charge in [0.15, 0.2) is 0 Å². The van der Waals surface area contributed by atoms with E-state index < -0.39 is 17.7 Å². The van der Waals surface area contributed by atoms with Crippen molar-refractivity contribution in [2.24, 2.45) is 0 Å². The average molecular weight is 421 g/mol. The van der Waals surface area contributed by atoms with Gasteiger partial charge in [-0.1, -0.05) is 43.3 Å². The molecule has 0 saturated carbocycles. The van der Waals surface area contributed by atoms with Crippen LogP contribution in [-0.2, 0) is 20.7 Å². The van der Waals surface area contributed by atoms with Gasteiger partial charge in [0.2, 0.25) is 0 Å². The van der Waals surface area contributed by atoms with E-state index in [1.54, 1.807) is 31.4 Å². The number of hydrogen-bond donors (Lipinski definition) is 1. The molecule has 2 fully saturated rings. The van der Waals surface area contributed by atoms with Gasteiger partial charge in [0.1, 0.15) is 11.5 Å².